The number of carboxylic acid groups (broad SMARTS) is 1. The topological polar surface area (TPSA) is 75.4 Å². The van der Waals surface area contributed by atoms with Gasteiger partial charge in [0.15, 0.2) is 0 Å². The molecule has 0 aliphatic rings. The van der Waals surface area contributed by atoms with Gasteiger partial charge in [-0.05, 0) is 30.5 Å². The summed E-state index contributed by atoms with van der Waals surface area (Å²) in [5.74, 6) is -1.01. The van der Waals surface area contributed by atoms with Crippen molar-refractivity contribution in [2.24, 2.45) is 5.92 Å². The summed E-state index contributed by atoms with van der Waals surface area (Å²) in [4.78, 5) is 25.3. The van der Waals surface area contributed by atoms with E-state index >= 15 is 0 Å². The largest absolute Gasteiger partial charge is 0.480 e. The van der Waals surface area contributed by atoms with E-state index in [2.05, 4.69) is 18.9 Å². The minimum atomic E-state index is -1.06. The minimum absolute atomic E-state index is 0.192. The second kappa shape index (κ2) is 8.16. The highest BCUT2D eigenvalue weighted by Gasteiger charge is 2.23. The molecule has 0 bridgehead atoms. The number of carboxylic acids is 1. The standard InChI is InChI=1S/C18H22ClN3O3/c1-12(2)9-22-13(3)16(8-20-22)18(25)21(11-17(23)24)10-14-4-6-15(19)7-5-14/h4-8,12H,9-11H2,1-3H3,(H,23,24). The van der Waals surface area contributed by atoms with E-state index in [-0.39, 0.29) is 19.0 Å². The van der Waals surface area contributed by atoms with Crippen LogP contribution in [-0.4, -0.2) is 38.2 Å². The number of carbonyl (C=O) groups excluding carboxylic acids is 1. The van der Waals surface area contributed by atoms with Gasteiger partial charge in [0.05, 0.1) is 11.8 Å². The van der Waals surface area contributed by atoms with E-state index in [9.17, 15) is 9.59 Å². The molecule has 0 spiro atoms. The zero-order chi connectivity index (χ0) is 18.6. The van der Waals surface area contributed by atoms with E-state index in [0.717, 1.165) is 11.3 Å². The molecule has 0 aliphatic carbocycles. The lowest BCUT2D eigenvalue weighted by atomic mass is 10.1. The van der Waals surface area contributed by atoms with Crippen LogP contribution in [0.4, 0.5) is 0 Å². The molecule has 7 heteroatoms. The van der Waals surface area contributed by atoms with Gasteiger partial charge in [0, 0.05) is 23.8 Å². The summed E-state index contributed by atoms with van der Waals surface area (Å²) in [6.07, 6.45) is 1.51. The van der Waals surface area contributed by atoms with Crippen molar-refractivity contribution in [3.63, 3.8) is 0 Å². The van der Waals surface area contributed by atoms with Crippen LogP contribution in [0, 0.1) is 12.8 Å². The number of amides is 1. The van der Waals surface area contributed by atoms with Crippen LogP contribution in [0.5, 0.6) is 0 Å². The molecule has 0 atom stereocenters. The van der Waals surface area contributed by atoms with E-state index in [1.807, 2.05) is 6.92 Å². The van der Waals surface area contributed by atoms with Crippen molar-refractivity contribution in [1.82, 2.24) is 14.7 Å². The van der Waals surface area contributed by atoms with Gasteiger partial charge < -0.3 is 10.0 Å². The average Bonchev–Trinajstić information content (AvgIpc) is 2.88. The molecular weight excluding hydrogens is 342 g/mol. The fourth-order valence-electron chi connectivity index (χ4n) is 2.53. The fourth-order valence-corrected chi connectivity index (χ4v) is 2.66. The van der Waals surface area contributed by atoms with Crippen LogP contribution in [0.25, 0.3) is 0 Å². The summed E-state index contributed by atoms with van der Waals surface area (Å²) in [5.41, 5.74) is 1.98. The SMILES string of the molecule is Cc1c(C(=O)N(CC(=O)O)Cc2ccc(Cl)cc2)cnn1CC(C)C. The van der Waals surface area contributed by atoms with E-state index in [1.165, 1.54) is 11.1 Å². The molecule has 1 aromatic heterocycles. The predicted molar refractivity (Wildman–Crippen MR) is 95.6 cm³/mol. The van der Waals surface area contributed by atoms with Gasteiger partial charge in [-0.1, -0.05) is 37.6 Å². The van der Waals surface area contributed by atoms with Crippen LogP contribution in [0.15, 0.2) is 30.5 Å². The Morgan fingerprint density at radius 1 is 1.28 bits per heavy atom. The first-order valence-corrected chi connectivity index (χ1v) is 8.43. The van der Waals surface area contributed by atoms with E-state index in [0.29, 0.717) is 23.0 Å². The van der Waals surface area contributed by atoms with E-state index < -0.39 is 5.97 Å². The van der Waals surface area contributed by atoms with Gasteiger partial charge in [-0.3, -0.25) is 14.3 Å². The Balaban J connectivity index is 2.25. The maximum Gasteiger partial charge on any atom is 0.323 e. The van der Waals surface area contributed by atoms with Crippen molar-refractivity contribution < 1.29 is 14.7 Å². The lowest BCUT2D eigenvalue weighted by molar-refractivity contribution is -0.137. The number of hydrogen-bond donors (Lipinski definition) is 1. The van der Waals surface area contributed by atoms with E-state index in [1.54, 1.807) is 28.9 Å². The second-order valence-electron chi connectivity index (χ2n) is 6.40. The number of rotatable bonds is 7. The van der Waals surface area contributed by atoms with Gasteiger partial charge in [-0.15, -0.1) is 0 Å². The third-order valence-corrected chi connectivity index (χ3v) is 4.02. The molecule has 6 nitrogen and oxygen atoms in total. The Hall–Kier alpha value is -2.34. The van der Waals surface area contributed by atoms with Crippen molar-refractivity contribution in [1.29, 1.82) is 0 Å². The summed E-state index contributed by atoms with van der Waals surface area (Å²) in [6, 6.07) is 6.98. The number of nitrogens with zero attached hydrogens (tertiary/aromatic N) is 3. The smallest absolute Gasteiger partial charge is 0.323 e. The lowest BCUT2D eigenvalue weighted by Gasteiger charge is -2.21. The molecule has 134 valence electrons. The van der Waals surface area contributed by atoms with Gasteiger partial charge in [0.25, 0.3) is 5.91 Å². The molecule has 0 unspecified atom stereocenters. The number of hydrogen-bond acceptors (Lipinski definition) is 3. The number of aliphatic carboxylic acids is 1. The van der Waals surface area contributed by atoms with Crippen LogP contribution in [0.2, 0.25) is 5.02 Å². The van der Waals surface area contributed by atoms with Crippen molar-refractivity contribution in [3.05, 3.63) is 52.3 Å². The molecule has 0 saturated heterocycles. The first-order valence-electron chi connectivity index (χ1n) is 8.06. The molecular formula is C18H22ClN3O3. The van der Waals surface area contributed by atoms with Crippen molar-refractivity contribution >= 4 is 23.5 Å². The Morgan fingerprint density at radius 2 is 1.92 bits per heavy atom. The van der Waals surface area contributed by atoms with Gasteiger partial charge in [-0.25, -0.2) is 0 Å². The molecule has 1 heterocycles. The number of halogens is 1. The summed E-state index contributed by atoms with van der Waals surface area (Å²) < 4.78 is 1.78. The first-order chi connectivity index (χ1) is 11.8. The maximum absolute atomic E-state index is 12.9. The average molecular weight is 364 g/mol. The highest BCUT2D eigenvalue weighted by molar-refractivity contribution is 6.30. The Morgan fingerprint density at radius 3 is 2.48 bits per heavy atom. The summed E-state index contributed by atoms with van der Waals surface area (Å²) in [5, 5.41) is 14.0. The molecule has 1 aromatic carbocycles. The van der Waals surface area contributed by atoms with Crippen molar-refractivity contribution in [2.45, 2.75) is 33.9 Å². The maximum atomic E-state index is 12.9. The number of aromatic nitrogens is 2. The molecule has 0 saturated carbocycles. The number of benzene rings is 1. The summed E-state index contributed by atoms with van der Waals surface area (Å²) >= 11 is 5.87. The Bertz CT molecular complexity index is 753. The predicted octanol–water partition coefficient (Wildman–Crippen LogP) is 3.23. The quantitative estimate of drug-likeness (QED) is 0.819. The highest BCUT2D eigenvalue weighted by atomic mass is 35.5. The number of carbonyl (C=O) groups is 2. The Labute approximate surface area is 152 Å². The third-order valence-electron chi connectivity index (χ3n) is 3.77. The normalized spacial score (nSPS) is 10.9. The van der Waals surface area contributed by atoms with Gasteiger partial charge in [-0.2, -0.15) is 5.10 Å². The van der Waals surface area contributed by atoms with Crippen LogP contribution >= 0.6 is 11.6 Å². The molecule has 2 aromatic rings. The monoisotopic (exact) mass is 363 g/mol. The van der Waals surface area contributed by atoms with Crippen molar-refractivity contribution in [3.8, 4) is 0 Å². The van der Waals surface area contributed by atoms with Gasteiger partial charge in [0.2, 0.25) is 0 Å². The third kappa shape index (κ3) is 5.06. The molecule has 2 rings (SSSR count). The molecule has 25 heavy (non-hydrogen) atoms. The summed E-state index contributed by atoms with van der Waals surface area (Å²) in [7, 11) is 0. The molecule has 0 radical (unpaired) electrons. The van der Waals surface area contributed by atoms with Crippen LogP contribution in [0.3, 0.4) is 0 Å². The van der Waals surface area contributed by atoms with Crippen LogP contribution in [-0.2, 0) is 17.9 Å². The molecule has 0 fully saturated rings. The second-order valence-corrected chi connectivity index (χ2v) is 6.84. The van der Waals surface area contributed by atoms with Crippen LogP contribution in [0.1, 0.15) is 35.5 Å². The molecule has 0 aliphatic heterocycles. The van der Waals surface area contributed by atoms with Gasteiger partial charge >= 0.3 is 5.97 Å². The zero-order valence-corrected chi connectivity index (χ0v) is 15.3. The molecule has 1 N–H and O–H groups in total. The van der Waals surface area contributed by atoms with Gasteiger partial charge in [0.1, 0.15) is 6.54 Å². The minimum Gasteiger partial charge on any atom is -0.480 e. The Kier molecular flexibility index (Phi) is 6.20. The van der Waals surface area contributed by atoms with Crippen LogP contribution < -0.4 is 0 Å². The first kappa shape index (κ1) is 19.0. The lowest BCUT2D eigenvalue weighted by Crippen LogP contribution is -2.35. The molecule has 1 amide bonds. The fraction of sp³-hybridized carbons (Fsp3) is 0.389. The summed E-state index contributed by atoms with van der Waals surface area (Å²) in [6.45, 7) is 6.48. The van der Waals surface area contributed by atoms with E-state index in [4.69, 9.17) is 16.7 Å². The highest BCUT2D eigenvalue weighted by Crippen LogP contribution is 2.16. The zero-order valence-electron chi connectivity index (χ0n) is 14.6. The van der Waals surface area contributed by atoms with Crippen molar-refractivity contribution in [2.75, 3.05) is 6.54 Å².